The molecule has 15 heavy (non-hydrogen) atoms. The highest BCUT2D eigenvalue weighted by Gasteiger charge is 2.05. The number of hydrogen-bond acceptors (Lipinski definition) is 2. The van der Waals surface area contributed by atoms with Crippen molar-refractivity contribution in [3.63, 3.8) is 0 Å². The molecule has 0 saturated heterocycles. The van der Waals surface area contributed by atoms with Crippen LogP contribution in [0.1, 0.15) is 12.5 Å². The molecule has 1 atom stereocenters. The zero-order chi connectivity index (χ0) is 11.1. The van der Waals surface area contributed by atoms with Gasteiger partial charge in [0.25, 0.3) is 0 Å². The minimum absolute atomic E-state index is 0.181. The summed E-state index contributed by atoms with van der Waals surface area (Å²) in [6.45, 7) is 6.65. The zero-order valence-corrected chi connectivity index (χ0v) is 9.49. The molecular weight excluding hydrogens is 186 g/mol. The van der Waals surface area contributed by atoms with Crippen LogP contribution in [0.2, 0.25) is 0 Å². The van der Waals surface area contributed by atoms with Crippen molar-refractivity contribution in [3.05, 3.63) is 42.5 Å². The van der Waals surface area contributed by atoms with Crippen LogP contribution in [0.15, 0.2) is 36.9 Å². The van der Waals surface area contributed by atoms with Crippen LogP contribution in [-0.4, -0.2) is 19.7 Å². The van der Waals surface area contributed by atoms with Crippen molar-refractivity contribution in [2.45, 2.75) is 19.4 Å². The van der Waals surface area contributed by atoms with Gasteiger partial charge in [-0.25, -0.2) is 0 Å². The second kappa shape index (κ2) is 6.25. The molecule has 2 heteroatoms. The quantitative estimate of drug-likeness (QED) is 0.720. The highest BCUT2D eigenvalue weighted by Crippen LogP contribution is 2.19. The maximum atomic E-state index is 5.83. The smallest absolute Gasteiger partial charge is 0.123 e. The Kier molecular flexibility index (Phi) is 4.91. The SMILES string of the molecule is C=CCc1ccccc1OC(C)CNC. The Morgan fingerprint density at radius 2 is 2.20 bits per heavy atom. The summed E-state index contributed by atoms with van der Waals surface area (Å²) in [4.78, 5) is 0. The van der Waals surface area contributed by atoms with E-state index < -0.39 is 0 Å². The van der Waals surface area contributed by atoms with E-state index in [0.717, 1.165) is 18.7 Å². The molecule has 1 unspecified atom stereocenters. The van der Waals surface area contributed by atoms with Crippen LogP contribution in [0.4, 0.5) is 0 Å². The molecule has 1 rings (SSSR count). The summed E-state index contributed by atoms with van der Waals surface area (Å²) in [6, 6.07) is 8.09. The third-order valence-electron chi connectivity index (χ3n) is 2.16. The number of allylic oxidation sites excluding steroid dienone is 1. The summed E-state index contributed by atoms with van der Waals surface area (Å²) in [7, 11) is 1.93. The number of likely N-dealkylation sites (N-methyl/N-ethyl adjacent to an activating group) is 1. The zero-order valence-electron chi connectivity index (χ0n) is 9.49. The number of hydrogen-bond donors (Lipinski definition) is 1. The van der Waals surface area contributed by atoms with Crippen LogP contribution < -0.4 is 10.1 Å². The Bertz CT molecular complexity index is 309. The van der Waals surface area contributed by atoms with Crippen LogP contribution in [-0.2, 0) is 6.42 Å². The highest BCUT2D eigenvalue weighted by atomic mass is 16.5. The minimum atomic E-state index is 0.181. The van der Waals surface area contributed by atoms with Crippen LogP contribution in [0.3, 0.4) is 0 Å². The Morgan fingerprint density at radius 3 is 2.87 bits per heavy atom. The molecule has 82 valence electrons. The van der Waals surface area contributed by atoms with E-state index in [1.54, 1.807) is 0 Å². The van der Waals surface area contributed by atoms with Gasteiger partial charge < -0.3 is 10.1 Å². The summed E-state index contributed by atoms with van der Waals surface area (Å²) in [5, 5.41) is 3.09. The Labute approximate surface area is 92.0 Å². The third-order valence-corrected chi connectivity index (χ3v) is 2.16. The van der Waals surface area contributed by atoms with E-state index in [9.17, 15) is 0 Å². The normalized spacial score (nSPS) is 12.1. The van der Waals surface area contributed by atoms with E-state index in [1.807, 2.05) is 31.3 Å². The molecule has 0 aliphatic rings. The molecule has 0 bridgehead atoms. The molecule has 1 aromatic rings. The highest BCUT2D eigenvalue weighted by molar-refractivity contribution is 5.34. The summed E-state index contributed by atoms with van der Waals surface area (Å²) in [5.74, 6) is 0.958. The Morgan fingerprint density at radius 1 is 1.47 bits per heavy atom. The van der Waals surface area contributed by atoms with Gasteiger partial charge in [0.05, 0.1) is 0 Å². The lowest BCUT2D eigenvalue weighted by Crippen LogP contribution is -2.26. The average Bonchev–Trinajstić information content (AvgIpc) is 2.21. The molecule has 1 aromatic carbocycles. The minimum Gasteiger partial charge on any atom is -0.489 e. The molecule has 0 aliphatic carbocycles. The van der Waals surface area contributed by atoms with Crippen molar-refractivity contribution in [1.29, 1.82) is 0 Å². The van der Waals surface area contributed by atoms with Gasteiger partial charge in [0.1, 0.15) is 11.9 Å². The fourth-order valence-electron chi connectivity index (χ4n) is 1.49. The predicted octanol–water partition coefficient (Wildman–Crippen LogP) is 2.40. The fraction of sp³-hybridized carbons (Fsp3) is 0.385. The standard InChI is InChI=1S/C13H19NO/c1-4-7-12-8-5-6-9-13(12)15-11(2)10-14-3/h4-6,8-9,11,14H,1,7,10H2,2-3H3. The molecule has 0 spiro atoms. The van der Waals surface area contributed by atoms with E-state index in [2.05, 4.69) is 24.9 Å². The maximum absolute atomic E-state index is 5.83. The van der Waals surface area contributed by atoms with Gasteiger partial charge in [-0.05, 0) is 32.0 Å². The van der Waals surface area contributed by atoms with Gasteiger partial charge in [0.2, 0.25) is 0 Å². The molecule has 0 aromatic heterocycles. The van der Waals surface area contributed by atoms with Gasteiger partial charge in [0, 0.05) is 6.54 Å². The molecule has 1 N–H and O–H groups in total. The van der Waals surface area contributed by atoms with Crippen LogP contribution in [0, 0.1) is 0 Å². The number of rotatable bonds is 6. The lowest BCUT2D eigenvalue weighted by Gasteiger charge is -2.16. The first kappa shape index (κ1) is 11.8. The van der Waals surface area contributed by atoms with Crippen molar-refractivity contribution in [2.75, 3.05) is 13.6 Å². The van der Waals surface area contributed by atoms with Crippen molar-refractivity contribution < 1.29 is 4.74 Å². The van der Waals surface area contributed by atoms with Gasteiger partial charge in [-0.2, -0.15) is 0 Å². The largest absolute Gasteiger partial charge is 0.489 e. The van der Waals surface area contributed by atoms with E-state index in [1.165, 1.54) is 5.56 Å². The number of benzene rings is 1. The lowest BCUT2D eigenvalue weighted by molar-refractivity contribution is 0.219. The molecular formula is C13H19NO. The molecule has 0 saturated carbocycles. The van der Waals surface area contributed by atoms with Gasteiger partial charge in [-0.15, -0.1) is 6.58 Å². The first-order valence-corrected chi connectivity index (χ1v) is 5.28. The van der Waals surface area contributed by atoms with Gasteiger partial charge >= 0.3 is 0 Å². The second-order valence-electron chi connectivity index (χ2n) is 3.59. The van der Waals surface area contributed by atoms with Crippen LogP contribution >= 0.6 is 0 Å². The Hall–Kier alpha value is -1.28. The summed E-state index contributed by atoms with van der Waals surface area (Å²) < 4.78 is 5.83. The topological polar surface area (TPSA) is 21.3 Å². The third kappa shape index (κ3) is 3.76. The average molecular weight is 205 g/mol. The molecule has 0 aliphatic heterocycles. The van der Waals surface area contributed by atoms with Gasteiger partial charge in [0.15, 0.2) is 0 Å². The number of para-hydroxylation sites is 1. The van der Waals surface area contributed by atoms with Crippen LogP contribution in [0.25, 0.3) is 0 Å². The monoisotopic (exact) mass is 205 g/mol. The number of ether oxygens (including phenoxy) is 1. The number of nitrogens with one attached hydrogen (secondary N) is 1. The lowest BCUT2D eigenvalue weighted by atomic mass is 10.1. The molecule has 2 nitrogen and oxygen atoms in total. The summed E-state index contributed by atoms with van der Waals surface area (Å²) in [5.41, 5.74) is 1.19. The van der Waals surface area contributed by atoms with E-state index >= 15 is 0 Å². The van der Waals surface area contributed by atoms with Crippen molar-refractivity contribution in [1.82, 2.24) is 5.32 Å². The van der Waals surface area contributed by atoms with Crippen molar-refractivity contribution in [3.8, 4) is 5.75 Å². The Balaban J connectivity index is 2.70. The van der Waals surface area contributed by atoms with Crippen molar-refractivity contribution in [2.24, 2.45) is 0 Å². The molecule has 0 amide bonds. The molecule has 0 radical (unpaired) electrons. The van der Waals surface area contributed by atoms with E-state index in [4.69, 9.17) is 4.74 Å². The first-order valence-electron chi connectivity index (χ1n) is 5.28. The van der Waals surface area contributed by atoms with Crippen LogP contribution in [0.5, 0.6) is 5.75 Å². The molecule has 0 fully saturated rings. The second-order valence-corrected chi connectivity index (χ2v) is 3.59. The first-order chi connectivity index (χ1) is 7.27. The van der Waals surface area contributed by atoms with Gasteiger partial charge in [-0.1, -0.05) is 24.3 Å². The van der Waals surface area contributed by atoms with Crippen molar-refractivity contribution >= 4 is 0 Å². The van der Waals surface area contributed by atoms with E-state index in [0.29, 0.717) is 0 Å². The summed E-state index contributed by atoms with van der Waals surface area (Å²) >= 11 is 0. The van der Waals surface area contributed by atoms with E-state index in [-0.39, 0.29) is 6.10 Å². The maximum Gasteiger partial charge on any atom is 0.123 e. The fourth-order valence-corrected chi connectivity index (χ4v) is 1.49. The predicted molar refractivity (Wildman–Crippen MR) is 64.4 cm³/mol. The van der Waals surface area contributed by atoms with Gasteiger partial charge in [-0.3, -0.25) is 0 Å². The summed E-state index contributed by atoms with van der Waals surface area (Å²) in [6.07, 6.45) is 2.92. The molecule has 0 heterocycles.